The Morgan fingerprint density at radius 1 is 0.967 bits per heavy atom. The first-order valence-electron chi connectivity index (χ1n) is 9.23. The van der Waals surface area contributed by atoms with Crippen LogP contribution in [-0.4, -0.2) is 23.1 Å². The maximum Gasteiger partial charge on any atom is 0.342 e. The van der Waals surface area contributed by atoms with Crippen molar-refractivity contribution in [2.75, 3.05) is 4.90 Å². The van der Waals surface area contributed by atoms with Gasteiger partial charge in [0, 0.05) is 21.2 Å². The molecular weight excluding hydrogens is 425 g/mol. The highest BCUT2D eigenvalue weighted by molar-refractivity contribution is 6.31. The van der Waals surface area contributed by atoms with Gasteiger partial charge in [0.25, 0.3) is 5.91 Å². The first-order valence-corrected chi connectivity index (χ1v) is 9.98. The summed E-state index contributed by atoms with van der Waals surface area (Å²) in [5, 5.41) is 10.6. The molecule has 1 heterocycles. The van der Waals surface area contributed by atoms with E-state index in [1.807, 2.05) is 30.3 Å². The number of carbonyl (C=O) groups excluding carboxylic acids is 1. The van der Waals surface area contributed by atoms with Crippen LogP contribution < -0.4 is 4.90 Å². The normalized spacial score (nSPS) is 18.6. The molecule has 1 aliphatic rings. The number of nitrogens with zero attached hydrogens (tertiary/aromatic N) is 1. The predicted molar refractivity (Wildman–Crippen MR) is 115 cm³/mol. The lowest BCUT2D eigenvalue weighted by Crippen LogP contribution is -2.43. The SMILES string of the molecule is O=C(O)[C@@H]1O[C@@H](c2ccccc2Cl)c2cc(Cl)ccc2N(Cc2ccccc2)C1=O. The summed E-state index contributed by atoms with van der Waals surface area (Å²) in [6.45, 7) is 0.191. The number of carboxylic acids is 1. The monoisotopic (exact) mass is 441 g/mol. The minimum absolute atomic E-state index is 0.191. The van der Waals surface area contributed by atoms with Gasteiger partial charge in [0.05, 0.1) is 12.2 Å². The summed E-state index contributed by atoms with van der Waals surface area (Å²) in [4.78, 5) is 26.6. The molecule has 0 aliphatic carbocycles. The Hall–Kier alpha value is -2.86. The molecule has 0 spiro atoms. The second kappa shape index (κ2) is 8.48. The highest BCUT2D eigenvalue weighted by Gasteiger charge is 2.41. The molecule has 4 rings (SSSR count). The molecule has 3 aromatic carbocycles. The molecule has 0 aromatic heterocycles. The van der Waals surface area contributed by atoms with Gasteiger partial charge in [-0.2, -0.15) is 0 Å². The molecule has 3 aromatic rings. The Bertz CT molecular complexity index is 1100. The minimum Gasteiger partial charge on any atom is -0.479 e. The van der Waals surface area contributed by atoms with Crippen molar-refractivity contribution in [3.63, 3.8) is 0 Å². The molecule has 7 heteroatoms. The van der Waals surface area contributed by atoms with Gasteiger partial charge in [0.2, 0.25) is 6.10 Å². The highest BCUT2D eigenvalue weighted by Crippen LogP contribution is 2.41. The van der Waals surface area contributed by atoms with E-state index in [2.05, 4.69) is 0 Å². The number of fused-ring (bicyclic) bond motifs is 1. The summed E-state index contributed by atoms with van der Waals surface area (Å²) in [6.07, 6.45) is -2.57. The molecule has 1 N–H and O–H groups in total. The molecule has 0 radical (unpaired) electrons. The Kier molecular flexibility index (Phi) is 5.77. The first kappa shape index (κ1) is 20.4. The van der Waals surface area contributed by atoms with E-state index in [4.69, 9.17) is 27.9 Å². The van der Waals surface area contributed by atoms with Crippen LogP contribution in [0.2, 0.25) is 10.0 Å². The van der Waals surface area contributed by atoms with Crippen LogP contribution in [0.3, 0.4) is 0 Å². The third kappa shape index (κ3) is 3.92. The Morgan fingerprint density at radius 2 is 1.67 bits per heavy atom. The second-order valence-corrected chi connectivity index (χ2v) is 7.71. The number of aliphatic carboxylic acids is 1. The number of hydrogen-bond acceptors (Lipinski definition) is 3. The molecule has 152 valence electrons. The number of carbonyl (C=O) groups is 2. The lowest BCUT2D eigenvalue weighted by molar-refractivity contribution is -0.158. The zero-order valence-corrected chi connectivity index (χ0v) is 17.2. The van der Waals surface area contributed by atoms with Gasteiger partial charge in [-0.05, 0) is 29.8 Å². The molecule has 0 saturated carbocycles. The largest absolute Gasteiger partial charge is 0.479 e. The van der Waals surface area contributed by atoms with Crippen molar-refractivity contribution in [2.24, 2.45) is 0 Å². The van der Waals surface area contributed by atoms with Gasteiger partial charge in [0.15, 0.2) is 0 Å². The van der Waals surface area contributed by atoms with E-state index in [0.717, 1.165) is 5.56 Å². The summed E-state index contributed by atoms with van der Waals surface area (Å²) in [5.41, 5.74) is 2.51. The molecule has 2 atom stereocenters. The van der Waals surface area contributed by atoms with Crippen LogP contribution in [0.5, 0.6) is 0 Å². The molecular formula is C23H17Cl2NO4. The fourth-order valence-electron chi connectivity index (χ4n) is 3.53. The number of anilines is 1. The third-order valence-corrected chi connectivity index (χ3v) is 5.50. The molecule has 1 amide bonds. The van der Waals surface area contributed by atoms with Crippen molar-refractivity contribution in [2.45, 2.75) is 18.8 Å². The molecule has 0 unspecified atom stereocenters. The number of carboxylic acid groups (broad SMARTS) is 1. The van der Waals surface area contributed by atoms with Crippen molar-refractivity contribution >= 4 is 40.8 Å². The smallest absolute Gasteiger partial charge is 0.342 e. The van der Waals surface area contributed by atoms with E-state index in [-0.39, 0.29) is 6.54 Å². The second-order valence-electron chi connectivity index (χ2n) is 6.87. The number of rotatable bonds is 4. The average molecular weight is 442 g/mol. The molecule has 5 nitrogen and oxygen atoms in total. The Morgan fingerprint density at radius 3 is 2.37 bits per heavy atom. The standard InChI is InChI=1S/C23H17Cl2NO4/c24-15-10-11-19-17(12-15)20(16-8-4-5-9-18(16)25)30-21(23(28)29)22(27)26(19)13-14-6-2-1-3-7-14/h1-12,20-21H,13H2,(H,28,29)/t20-,21+/m0/s1. The number of benzene rings is 3. The predicted octanol–water partition coefficient (Wildman–Crippen LogP) is 5.10. The van der Waals surface area contributed by atoms with Gasteiger partial charge in [-0.1, -0.05) is 71.7 Å². The third-order valence-electron chi connectivity index (χ3n) is 4.92. The van der Waals surface area contributed by atoms with Gasteiger partial charge < -0.3 is 14.7 Å². The minimum atomic E-state index is -1.69. The maximum absolute atomic E-state index is 13.3. The summed E-state index contributed by atoms with van der Waals surface area (Å²) >= 11 is 12.6. The lowest BCUT2D eigenvalue weighted by Gasteiger charge is -2.24. The summed E-state index contributed by atoms with van der Waals surface area (Å²) in [6, 6.07) is 21.4. The van der Waals surface area contributed by atoms with Gasteiger partial charge in [-0.3, -0.25) is 4.79 Å². The quantitative estimate of drug-likeness (QED) is 0.571. The number of amides is 1. The highest BCUT2D eigenvalue weighted by atomic mass is 35.5. The van der Waals surface area contributed by atoms with Gasteiger partial charge >= 0.3 is 5.97 Å². The Balaban J connectivity index is 1.90. The molecule has 0 saturated heterocycles. The van der Waals surface area contributed by atoms with Crippen molar-refractivity contribution in [3.8, 4) is 0 Å². The van der Waals surface area contributed by atoms with Crippen molar-refractivity contribution < 1.29 is 19.4 Å². The summed E-state index contributed by atoms with van der Waals surface area (Å²) < 4.78 is 5.87. The fourth-order valence-corrected chi connectivity index (χ4v) is 3.95. The molecule has 0 fully saturated rings. The fraction of sp³-hybridized carbons (Fsp3) is 0.130. The number of ether oxygens (including phenoxy) is 1. The van der Waals surface area contributed by atoms with Gasteiger partial charge in [-0.15, -0.1) is 0 Å². The average Bonchev–Trinajstić information content (AvgIpc) is 2.84. The zero-order valence-electron chi connectivity index (χ0n) is 15.7. The van der Waals surface area contributed by atoms with Gasteiger partial charge in [-0.25, -0.2) is 4.79 Å². The van der Waals surface area contributed by atoms with Crippen LogP contribution >= 0.6 is 23.2 Å². The van der Waals surface area contributed by atoms with E-state index in [1.165, 1.54) is 4.90 Å². The number of halogens is 2. The molecule has 30 heavy (non-hydrogen) atoms. The van der Waals surface area contributed by atoms with E-state index in [9.17, 15) is 14.7 Å². The zero-order chi connectivity index (χ0) is 21.3. The van der Waals surface area contributed by atoms with E-state index in [1.54, 1.807) is 42.5 Å². The van der Waals surface area contributed by atoms with E-state index >= 15 is 0 Å². The van der Waals surface area contributed by atoms with Gasteiger partial charge in [0.1, 0.15) is 6.10 Å². The maximum atomic E-state index is 13.3. The van der Waals surface area contributed by atoms with E-state index in [0.29, 0.717) is 26.9 Å². The van der Waals surface area contributed by atoms with Crippen LogP contribution in [-0.2, 0) is 20.9 Å². The molecule has 0 bridgehead atoms. The van der Waals surface area contributed by atoms with Crippen molar-refractivity contribution in [3.05, 3.63) is 99.5 Å². The van der Waals surface area contributed by atoms with Crippen LogP contribution in [0.15, 0.2) is 72.8 Å². The van der Waals surface area contributed by atoms with Crippen LogP contribution in [0.25, 0.3) is 0 Å². The summed E-state index contributed by atoms with van der Waals surface area (Å²) in [5.74, 6) is -2.03. The van der Waals surface area contributed by atoms with Crippen LogP contribution in [0.4, 0.5) is 5.69 Å². The van der Waals surface area contributed by atoms with Crippen LogP contribution in [0.1, 0.15) is 22.8 Å². The Labute approximate surface area is 183 Å². The van der Waals surface area contributed by atoms with Crippen molar-refractivity contribution in [1.29, 1.82) is 0 Å². The van der Waals surface area contributed by atoms with E-state index < -0.39 is 24.1 Å². The van der Waals surface area contributed by atoms with Crippen LogP contribution in [0, 0.1) is 0 Å². The molecule has 1 aliphatic heterocycles. The topological polar surface area (TPSA) is 66.8 Å². The van der Waals surface area contributed by atoms with Crippen molar-refractivity contribution in [1.82, 2.24) is 0 Å². The number of hydrogen-bond donors (Lipinski definition) is 1. The lowest BCUT2D eigenvalue weighted by atomic mass is 9.99. The summed E-state index contributed by atoms with van der Waals surface area (Å²) in [7, 11) is 0. The first-order chi connectivity index (χ1) is 14.5.